The summed E-state index contributed by atoms with van der Waals surface area (Å²) in [6.07, 6.45) is -0.611. The molecule has 56 valence electrons. The zero-order chi connectivity index (χ0) is 7.98. The molecule has 6 nitrogen and oxygen atoms in total. The monoisotopic (exact) mass is 144 g/mol. The van der Waals surface area contributed by atoms with Gasteiger partial charge in [0.1, 0.15) is 0 Å². The molecule has 0 amide bonds. The molecule has 0 radical (unpaired) electrons. The number of nitrogens with two attached hydrogens (primary N) is 1. The van der Waals surface area contributed by atoms with Crippen LogP contribution in [0.15, 0.2) is 5.11 Å². The molecule has 10 heavy (non-hydrogen) atoms. The van der Waals surface area contributed by atoms with E-state index in [-0.39, 0.29) is 12.8 Å². The Labute approximate surface area is 57.3 Å². The molecule has 0 aliphatic heterocycles. The van der Waals surface area contributed by atoms with Crippen molar-refractivity contribution < 1.29 is 9.90 Å². The molecule has 0 bridgehead atoms. The van der Waals surface area contributed by atoms with Gasteiger partial charge >= 0.3 is 5.97 Å². The van der Waals surface area contributed by atoms with Gasteiger partial charge in [0.25, 0.3) is 0 Å². The fourth-order valence-electron chi connectivity index (χ4n) is 0.395. The average molecular weight is 144 g/mol. The number of aliphatic carboxylic acids is 1. The predicted octanol–water partition coefficient (Wildman–Crippen LogP) is 0.446. The number of nitrogens with zero attached hydrogens (tertiary/aromatic N) is 3. The van der Waals surface area contributed by atoms with Crippen LogP contribution in [0.5, 0.6) is 0 Å². The summed E-state index contributed by atoms with van der Waals surface area (Å²) in [7, 11) is 0. The SMILES string of the molecule is [N-]=[N+]=N[C@H](N)CCC(=O)O. The van der Waals surface area contributed by atoms with Crippen LogP contribution in [0.1, 0.15) is 12.8 Å². The van der Waals surface area contributed by atoms with Crippen molar-refractivity contribution in [1.29, 1.82) is 0 Å². The van der Waals surface area contributed by atoms with E-state index in [4.69, 9.17) is 16.4 Å². The van der Waals surface area contributed by atoms with Crippen molar-refractivity contribution in [2.24, 2.45) is 10.8 Å². The van der Waals surface area contributed by atoms with Crippen LogP contribution in [-0.4, -0.2) is 17.2 Å². The topological polar surface area (TPSA) is 112 Å². The lowest BCUT2D eigenvalue weighted by Crippen LogP contribution is -2.17. The Morgan fingerprint density at radius 3 is 2.90 bits per heavy atom. The van der Waals surface area contributed by atoms with Gasteiger partial charge in [0.05, 0.1) is 6.17 Å². The van der Waals surface area contributed by atoms with E-state index in [9.17, 15) is 4.79 Å². The minimum Gasteiger partial charge on any atom is -0.481 e. The highest BCUT2D eigenvalue weighted by Gasteiger charge is 2.01. The van der Waals surface area contributed by atoms with Gasteiger partial charge in [0.15, 0.2) is 0 Å². The molecule has 0 fully saturated rings. The molecule has 3 N–H and O–H groups in total. The van der Waals surface area contributed by atoms with Crippen LogP contribution in [0.2, 0.25) is 0 Å². The number of hydrogen-bond acceptors (Lipinski definition) is 3. The zero-order valence-corrected chi connectivity index (χ0v) is 5.27. The lowest BCUT2D eigenvalue weighted by atomic mass is 10.3. The first kappa shape index (κ1) is 8.74. The first-order valence-electron chi connectivity index (χ1n) is 2.68. The highest BCUT2D eigenvalue weighted by atomic mass is 16.4. The molecule has 0 unspecified atom stereocenters. The quantitative estimate of drug-likeness (QED) is 0.339. The number of carboxylic acid groups (broad SMARTS) is 1. The van der Waals surface area contributed by atoms with Crippen LogP contribution in [0, 0.1) is 0 Å². The number of hydrogen-bond donors (Lipinski definition) is 2. The van der Waals surface area contributed by atoms with Crippen LogP contribution in [0.4, 0.5) is 0 Å². The fraction of sp³-hybridized carbons (Fsp3) is 0.750. The third kappa shape index (κ3) is 4.89. The molecule has 0 aliphatic rings. The van der Waals surface area contributed by atoms with E-state index < -0.39 is 12.1 Å². The minimum absolute atomic E-state index is 0.0693. The molecule has 0 aliphatic carbocycles. The fourth-order valence-corrected chi connectivity index (χ4v) is 0.395. The second-order valence-electron chi connectivity index (χ2n) is 1.70. The number of azide groups is 1. The van der Waals surface area contributed by atoms with Crippen molar-refractivity contribution in [3.8, 4) is 0 Å². The maximum Gasteiger partial charge on any atom is 0.303 e. The lowest BCUT2D eigenvalue weighted by molar-refractivity contribution is -0.137. The van der Waals surface area contributed by atoms with Gasteiger partial charge < -0.3 is 10.8 Å². The summed E-state index contributed by atoms with van der Waals surface area (Å²) < 4.78 is 0. The van der Waals surface area contributed by atoms with E-state index in [2.05, 4.69) is 10.0 Å². The van der Waals surface area contributed by atoms with Gasteiger partial charge in [0, 0.05) is 11.3 Å². The first-order chi connectivity index (χ1) is 4.66. The van der Waals surface area contributed by atoms with Gasteiger partial charge in [-0.2, -0.15) is 0 Å². The van der Waals surface area contributed by atoms with E-state index in [1.807, 2.05) is 0 Å². The van der Waals surface area contributed by atoms with Gasteiger partial charge in [-0.25, -0.2) is 0 Å². The summed E-state index contributed by atoms with van der Waals surface area (Å²) in [6.45, 7) is 0. The Morgan fingerprint density at radius 2 is 2.50 bits per heavy atom. The minimum atomic E-state index is -0.941. The van der Waals surface area contributed by atoms with Crippen LogP contribution < -0.4 is 5.73 Å². The Bertz CT molecular complexity index is 163. The molecule has 0 aromatic carbocycles. The normalized spacial score (nSPS) is 11.7. The van der Waals surface area contributed by atoms with Crippen molar-refractivity contribution in [3.63, 3.8) is 0 Å². The summed E-state index contributed by atoms with van der Waals surface area (Å²) in [5.74, 6) is -0.941. The Morgan fingerprint density at radius 1 is 1.90 bits per heavy atom. The van der Waals surface area contributed by atoms with E-state index in [0.717, 1.165) is 0 Å². The molecule has 0 saturated carbocycles. The van der Waals surface area contributed by atoms with Crippen molar-refractivity contribution in [2.75, 3.05) is 0 Å². The van der Waals surface area contributed by atoms with Gasteiger partial charge in [-0.3, -0.25) is 4.79 Å². The van der Waals surface area contributed by atoms with Crippen molar-refractivity contribution in [3.05, 3.63) is 10.4 Å². The Balaban J connectivity index is 3.48. The van der Waals surface area contributed by atoms with Crippen molar-refractivity contribution in [1.82, 2.24) is 0 Å². The molecular formula is C4H8N4O2. The molecule has 0 spiro atoms. The third-order valence-electron chi connectivity index (χ3n) is 0.854. The molecule has 0 heterocycles. The van der Waals surface area contributed by atoms with Crippen LogP contribution in [-0.2, 0) is 4.79 Å². The maximum atomic E-state index is 9.92. The molecule has 0 aromatic heterocycles. The number of rotatable bonds is 4. The van der Waals surface area contributed by atoms with Gasteiger partial charge in [-0.15, -0.1) is 0 Å². The van der Waals surface area contributed by atoms with E-state index in [1.165, 1.54) is 0 Å². The Hall–Kier alpha value is -1.26. The molecule has 0 aromatic rings. The molecule has 0 rings (SSSR count). The van der Waals surface area contributed by atoms with Crippen LogP contribution >= 0.6 is 0 Å². The third-order valence-corrected chi connectivity index (χ3v) is 0.854. The summed E-state index contributed by atoms with van der Waals surface area (Å²) >= 11 is 0. The average Bonchev–Trinajstić information content (AvgIpc) is 1.85. The van der Waals surface area contributed by atoms with E-state index in [0.29, 0.717) is 0 Å². The van der Waals surface area contributed by atoms with Crippen molar-refractivity contribution >= 4 is 5.97 Å². The predicted molar refractivity (Wildman–Crippen MR) is 34.0 cm³/mol. The molecule has 0 saturated heterocycles. The van der Waals surface area contributed by atoms with Crippen LogP contribution in [0.3, 0.4) is 0 Å². The first-order valence-corrected chi connectivity index (χ1v) is 2.68. The maximum absolute atomic E-state index is 9.92. The number of carbonyl (C=O) groups is 1. The largest absolute Gasteiger partial charge is 0.481 e. The summed E-state index contributed by atoms with van der Waals surface area (Å²) in [5, 5.41) is 11.2. The zero-order valence-electron chi connectivity index (χ0n) is 5.27. The smallest absolute Gasteiger partial charge is 0.303 e. The summed E-state index contributed by atoms with van der Waals surface area (Å²) in [6, 6.07) is 0. The standard InChI is InChI=1S/C4H8N4O2/c5-3(7-8-6)1-2-4(9)10/h3H,1-2,5H2,(H,9,10)/t3-/m0/s1. The second kappa shape index (κ2) is 4.60. The Kier molecular flexibility index (Phi) is 4.02. The molecule has 6 heteroatoms. The van der Waals surface area contributed by atoms with E-state index in [1.54, 1.807) is 0 Å². The van der Waals surface area contributed by atoms with E-state index >= 15 is 0 Å². The van der Waals surface area contributed by atoms with Crippen LogP contribution in [0.25, 0.3) is 10.4 Å². The summed E-state index contributed by atoms with van der Waals surface area (Å²) in [5.41, 5.74) is 13.0. The van der Waals surface area contributed by atoms with Gasteiger partial charge in [0.2, 0.25) is 0 Å². The molecular weight excluding hydrogens is 136 g/mol. The summed E-state index contributed by atoms with van der Waals surface area (Å²) in [4.78, 5) is 12.3. The van der Waals surface area contributed by atoms with Crippen molar-refractivity contribution in [2.45, 2.75) is 19.0 Å². The lowest BCUT2D eigenvalue weighted by Gasteiger charge is -1.98. The van der Waals surface area contributed by atoms with Gasteiger partial charge in [-0.1, -0.05) is 5.11 Å². The molecule has 1 atom stereocenters. The highest BCUT2D eigenvalue weighted by Crippen LogP contribution is 1.94. The second-order valence-corrected chi connectivity index (χ2v) is 1.70. The highest BCUT2D eigenvalue weighted by molar-refractivity contribution is 5.66. The van der Waals surface area contributed by atoms with Gasteiger partial charge in [-0.05, 0) is 12.0 Å². The number of carboxylic acids is 1.